The van der Waals surface area contributed by atoms with Crippen LogP contribution in [0.2, 0.25) is 5.02 Å². The lowest BCUT2D eigenvalue weighted by Crippen LogP contribution is -2.37. The Hall–Kier alpha value is -1.83. The molecule has 1 fully saturated rings. The topological polar surface area (TPSA) is 68.3 Å². The standard InChI is InChI=1S/C22H25ClFN3O2S/c1-27(22(28)14-6-8-30(29)9-7-14)13-17-4-3-16(12-25-17)26-18-10-15-2-5-20(24)21(23)19(15)11-18/h2-5,12,14,18,26H,6-11,13H2,1H3. The number of carbonyl (C=O) groups is 1. The molecular weight excluding hydrogens is 425 g/mol. The number of nitrogens with zero attached hydrogens (tertiary/aromatic N) is 2. The van der Waals surface area contributed by atoms with Gasteiger partial charge in [0.15, 0.2) is 0 Å². The molecule has 1 atom stereocenters. The highest BCUT2D eigenvalue weighted by Gasteiger charge is 2.29. The molecule has 2 aromatic rings. The summed E-state index contributed by atoms with van der Waals surface area (Å²) in [4.78, 5) is 18.8. The monoisotopic (exact) mass is 449 g/mol. The average Bonchev–Trinajstić information content (AvgIpc) is 3.15. The van der Waals surface area contributed by atoms with E-state index >= 15 is 0 Å². The summed E-state index contributed by atoms with van der Waals surface area (Å²) in [6, 6.07) is 7.24. The molecule has 1 unspecified atom stereocenters. The van der Waals surface area contributed by atoms with Gasteiger partial charge in [0.05, 0.1) is 29.1 Å². The maximum Gasteiger partial charge on any atom is 0.226 e. The molecule has 1 aliphatic carbocycles. The first-order chi connectivity index (χ1) is 14.4. The van der Waals surface area contributed by atoms with Crippen molar-refractivity contribution in [2.75, 3.05) is 23.9 Å². The Kier molecular flexibility index (Phi) is 6.51. The van der Waals surface area contributed by atoms with Gasteiger partial charge in [0.2, 0.25) is 5.91 Å². The highest BCUT2D eigenvalue weighted by molar-refractivity contribution is 7.91. The highest BCUT2D eigenvalue weighted by Crippen LogP contribution is 2.32. The summed E-state index contributed by atoms with van der Waals surface area (Å²) in [5.74, 6) is 0.928. The van der Waals surface area contributed by atoms with Crippen LogP contribution < -0.4 is 5.32 Å². The van der Waals surface area contributed by atoms with Crippen LogP contribution in [-0.4, -0.2) is 44.9 Å². The number of halogens is 2. The Labute approximate surface area is 184 Å². The molecule has 30 heavy (non-hydrogen) atoms. The lowest BCUT2D eigenvalue weighted by Gasteiger charge is -2.27. The van der Waals surface area contributed by atoms with Gasteiger partial charge >= 0.3 is 0 Å². The fourth-order valence-corrected chi connectivity index (χ4v) is 5.80. The van der Waals surface area contributed by atoms with E-state index in [1.165, 1.54) is 6.07 Å². The van der Waals surface area contributed by atoms with Crippen molar-refractivity contribution in [2.45, 2.75) is 38.3 Å². The Morgan fingerprint density at radius 2 is 2.07 bits per heavy atom. The average molecular weight is 450 g/mol. The van der Waals surface area contributed by atoms with Crippen LogP contribution >= 0.6 is 11.6 Å². The zero-order valence-electron chi connectivity index (χ0n) is 16.9. The summed E-state index contributed by atoms with van der Waals surface area (Å²) < 4.78 is 25.2. The third-order valence-electron chi connectivity index (χ3n) is 5.92. The van der Waals surface area contributed by atoms with Gasteiger partial charge in [-0.2, -0.15) is 0 Å². The number of aromatic nitrogens is 1. The lowest BCUT2D eigenvalue weighted by atomic mass is 10.0. The minimum atomic E-state index is -0.765. The van der Waals surface area contributed by atoms with E-state index in [4.69, 9.17) is 11.6 Å². The predicted molar refractivity (Wildman–Crippen MR) is 118 cm³/mol. The molecule has 1 aromatic carbocycles. The summed E-state index contributed by atoms with van der Waals surface area (Å²) in [6.07, 6.45) is 4.63. The predicted octanol–water partition coefficient (Wildman–Crippen LogP) is 3.57. The van der Waals surface area contributed by atoms with Gasteiger partial charge < -0.3 is 14.8 Å². The third kappa shape index (κ3) is 4.74. The Bertz CT molecular complexity index is 919. The van der Waals surface area contributed by atoms with Crippen LogP contribution in [0.1, 0.15) is 29.7 Å². The van der Waals surface area contributed by atoms with Crippen molar-refractivity contribution in [1.82, 2.24) is 9.88 Å². The number of pyridine rings is 1. The summed E-state index contributed by atoms with van der Waals surface area (Å²) in [5, 5.41) is 3.66. The zero-order chi connectivity index (χ0) is 21.3. The quantitative estimate of drug-likeness (QED) is 0.708. The summed E-state index contributed by atoms with van der Waals surface area (Å²) in [6.45, 7) is 0.447. The number of carbonyl (C=O) groups excluding carboxylic acids is 1. The lowest BCUT2D eigenvalue weighted by molar-refractivity contribution is -0.135. The smallest absolute Gasteiger partial charge is 0.226 e. The number of fused-ring (bicyclic) bond motifs is 1. The van der Waals surface area contributed by atoms with Crippen molar-refractivity contribution in [2.24, 2.45) is 5.92 Å². The zero-order valence-corrected chi connectivity index (χ0v) is 18.4. The van der Waals surface area contributed by atoms with Gasteiger partial charge in [-0.3, -0.25) is 9.78 Å². The number of nitrogens with one attached hydrogen (secondary N) is 1. The molecule has 0 saturated carbocycles. The Morgan fingerprint density at radius 1 is 1.30 bits per heavy atom. The van der Waals surface area contributed by atoms with E-state index in [9.17, 15) is 13.7 Å². The van der Waals surface area contributed by atoms with E-state index in [-0.39, 0.29) is 28.7 Å². The van der Waals surface area contributed by atoms with Gasteiger partial charge in [-0.1, -0.05) is 28.8 Å². The molecule has 160 valence electrons. The molecule has 4 rings (SSSR count). The molecule has 2 heterocycles. The van der Waals surface area contributed by atoms with Crippen LogP contribution in [0.5, 0.6) is 0 Å². The van der Waals surface area contributed by atoms with Crippen LogP contribution in [-0.2, 0) is 35.4 Å². The molecule has 5 nitrogen and oxygen atoms in total. The summed E-state index contributed by atoms with van der Waals surface area (Å²) in [7, 11) is 1.79. The fraction of sp³-hybridized carbons (Fsp3) is 0.455. The third-order valence-corrected chi connectivity index (χ3v) is 7.71. The van der Waals surface area contributed by atoms with Gasteiger partial charge in [0.1, 0.15) is 17.3 Å². The molecule has 1 aromatic heterocycles. The van der Waals surface area contributed by atoms with E-state index < -0.39 is 11.2 Å². The van der Waals surface area contributed by atoms with E-state index in [1.807, 2.05) is 12.1 Å². The van der Waals surface area contributed by atoms with E-state index in [2.05, 4.69) is 10.3 Å². The number of rotatable bonds is 5. The van der Waals surface area contributed by atoms with Gasteiger partial charge in [0, 0.05) is 31.8 Å². The first-order valence-corrected chi connectivity index (χ1v) is 12.0. The molecule has 1 aliphatic heterocycles. The summed E-state index contributed by atoms with van der Waals surface area (Å²) in [5.41, 5.74) is 3.66. The van der Waals surface area contributed by atoms with Crippen LogP contribution in [0, 0.1) is 11.7 Å². The maximum atomic E-state index is 13.7. The van der Waals surface area contributed by atoms with Gasteiger partial charge in [-0.15, -0.1) is 0 Å². The number of hydrogen-bond donors (Lipinski definition) is 1. The molecular formula is C22H25ClFN3O2S. The molecule has 8 heteroatoms. The normalized spacial score (nSPS) is 23.1. The van der Waals surface area contributed by atoms with E-state index in [0.717, 1.165) is 28.9 Å². The van der Waals surface area contributed by atoms with Crippen LogP contribution in [0.3, 0.4) is 0 Å². The van der Waals surface area contributed by atoms with Crippen LogP contribution in [0.4, 0.5) is 10.1 Å². The molecule has 0 bridgehead atoms. The number of hydrogen-bond acceptors (Lipinski definition) is 4. The first-order valence-electron chi connectivity index (χ1n) is 10.2. The van der Waals surface area contributed by atoms with E-state index in [1.54, 1.807) is 24.2 Å². The Morgan fingerprint density at radius 3 is 2.77 bits per heavy atom. The molecule has 1 saturated heterocycles. The number of benzene rings is 1. The molecule has 2 aliphatic rings. The Balaban J connectivity index is 1.31. The van der Waals surface area contributed by atoms with Crippen molar-refractivity contribution in [3.63, 3.8) is 0 Å². The highest BCUT2D eigenvalue weighted by atomic mass is 35.5. The minimum absolute atomic E-state index is 0.0331. The second kappa shape index (κ2) is 9.12. The van der Waals surface area contributed by atoms with Crippen molar-refractivity contribution in [3.05, 3.63) is 58.1 Å². The molecule has 1 amide bonds. The SMILES string of the molecule is CN(Cc1ccc(NC2Cc3ccc(F)c(Cl)c3C2)cn1)C(=O)C1CC[S+]([O-])CC1. The first kappa shape index (κ1) is 21.4. The molecule has 1 N–H and O–H groups in total. The second-order valence-corrected chi connectivity index (χ2v) is 10.2. The largest absolute Gasteiger partial charge is 0.616 e. The summed E-state index contributed by atoms with van der Waals surface area (Å²) >= 11 is 5.34. The van der Waals surface area contributed by atoms with Crippen molar-refractivity contribution in [3.8, 4) is 0 Å². The van der Waals surface area contributed by atoms with Gasteiger partial charge in [0.25, 0.3) is 0 Å². The van der Waals surface area contributed by atoms with E-state index in [0.29, 0.717) is 37.3 Å². The fourth-order valence-electron chi connectivity index (χ4n) is 4.24. The van der Waals surface area contributed by atoms with Crippen molar-refractivity contribution >= 4 is 34.4 Å². The van der Waals surface area contributed by atoms with Gasteiger partial charge in [-0.05, 0) is 42.2 Å². The van der Waals surface area contributed by atoms with Crippen LogP contribution in [0.15, 0.2) is 30.5 Å². The van der Waals surface area contributed by atoms with Crippen molar-refractivity contribution < 1.29 is 13.7 Å². The second-order valence-electron chi connectivity index (χ2n) is 8.10. The number of amides is 1. The number of anilines is 1. The maximum absolute atomic E-state index is 13.7. The van der Waals surface area contributed by atoms with Crippen LogP contribution in [0.25, 0.3) is 0 Å². The minimum Gasteiger partial charge on any atom is -0.616 e. The molecule has 0 radical (unpaired) electrons. The van der Waals surface area contributed by atoms with Gasteiger partial charge in [-0.25, -0.2) is 4.39 Å². The molecule has 0 spiro atoms. The van der Waals surface area contributed by atoms with Crippen molar-refractivity contribution in [1.29, 1.82) is 0 Å².